The van der Waals surface area contributed by atoms with E-state index in [1.807, 2.05) is 37.4 Å². The Labute approximate surface area is 128 Å². The topological polar surface area (TPSA) is 75.6 Å². The summed E-state index contributed by atoms with van der Waals surface area (Å²) in [6, 6.07) is 9.85. The fourth-order valence-electron chi connectivity index (χ4n) is 2.42. The van der Waals surface area contributed by atoms with Gasteiger partial charge in [-0.2, -0.15) is 5.10 Å². The molecule has 0 saturated carbocycles. The predicted molar refractivity (Wildman–Crippen MR) is 84.3 cm³/mol. The van der Waals surface area contributed by atoms with Gasteiger partial charge in [-0.05, 0) is 24.6 Å². The number of hydrogen-bond acceptors (Lipinski definition) is 3. The molecule has 0 aliphatic heterocycles. The third kappa shape index (κ3) is 3.33. The van der Waals surface area contributed by atoms with Crippen molar-refractivity contribution in [3.8, 4) is 0 Å². The summed E-state index contributed by atoms with van der Waals surface area (Å²) in [5.41, 5.74) is 3.05. The van der Waals surface area contributed by atoms with Crippen LogP contribution in [0.1, 0.15) is 17.9 Å². The van der Waals surface area contributed by atoms with Gasteiger partial charge in [0.15, 0.2) is 0 Å². The molecule has 0 atom stereocenters. The van der Waals surface area contributed by atoms with Crippen LogP contribution in [0.5, 0.6) is 0 Å². The van der Waals surface area contributed by atoms with E-state index < -0.39 is 0 Å². The smallest absolute Gasteiger partial charge is 0.220 e. The zero-order valence-corrected chi connectivity index (χ0v) is 12.5. The molecule has 0 radical (unpaired) electrons. The molecule has 6 heteroatoms. The molecule has 0 fully saturated rings. The van der Waals surface area contributed by atoms with Crippen LogP contribution in [0.25, 0.3) is 11.0 Å². The van der Waals surface area contributed by atoms with Crippen LogP contribution < -0.4 is 5.32 Å². The van der Waals surface area contributed by atoms with E-state index in [2.05, 4.69) is 20.4 Å². The van der Waals surface area contributed by atoms with Gasteiger partial charge in [0.25, 0.3) is 0 Å². The minimum absolute atomic E-state index is 0.0531. The van der Waals surface area contributed by atoms with E-state index >= 15 is 0 Å². The second-order valence-corrected chi connectivity index (χ2v) is 5.25. The lowest BCUT2D eigenvalue weighted by molar-refractivity contribution is -0.121. The molecule has 114 valence electrons. The van der Waals surface area contributed by atoms with Crippen LogP contribution in [-0.2, 0) is 24.7 Å². The van der Waals surface area contributed by atoms with Gasteiger partial charge in [-0.3, -0.25) is 9.48 Å². The summed E-state index contributed by atoms with van der Waals surface area (Å²) in [6.45, 7) is 0.587. The predicted octanol–water partition coefficient (Wildman–Crippen LogP) is 1.59. The second-order valence-electron chi connectivity index (χ2n) is 5.25. The van der Waals surface area contributed by atoms with E-state index in [0.29, 0.717) is 25.8 Å². The Bertz CT molecular complexity index is 741. The first-order valence-electron chi connectivity index (χ1n) is 7.39. The Morgan fingerprint density at radius 2 is 2.14 bits per heavy atom. The van der Waals surface area contributed by atoms with Gasteiger partial charge < -0.3 is 10.3 Å². The van der Waals surface area contributed by atoms with Gasteiger partial charge in [0.05, 0.1) is 11.0 Å². The monoisotopic (exact) mass is 297 g/mol. The number of nitrogens with one attached hydrogen (secondary N) is 2. The van der Waals surface area contributed by atoms with Crippen molar-refractivity contribution >= 4 is 16.9 Å². The summed E-state index contributed by atoms with van der Waals surface area (Å²) in [5.74, 6) is 0.949. The highest BCUT2D eigenvalue weighted by molar-refractivity contribution is 5.76. The second kappa shape index (κ2) is 6.43. The maximum absolute atomic E-state index is 11.8. The summed E-state index contributed by atoms with van der Waals surface area (Å²) < 4.78 is 1.79. The van der Waals surface area contributed by atoms with Crippen LogP contribution in [-0.4, -0.2) is 32.2 Å². The molecular weight excluding hydrogens is 278 g/mol. The number of nitrogens with zero attached hydrogens (tertiary/aromatic N) is 3. The number of carbonyl (C=O) groups excluding carboxylic acids is 1. The number of imidazole rings is 1. The molecule has 2 aromatic heterocycles. The SMILES string of the molecule is Cn1nccc1CCC(=O)NCCc1nc2ccccc2[nH]1. The van der Waals surface area contributed by atoms with Crippen molar-refractivity contribution in [3.63, 3.8) is 0 Å². The van der Waals surface area contributed by atoms with Crippen molar-refractivity contribution < 1.29 is 4.79 Å². The van der Waals surface area contributed by atoms with Crippen molar-refractivity contribution in [3.05, 3.63) is 48.0 Å². The number of aryl methyl sites for hydroxylation is 2. The number of fused-ring (bicyclic) bond motifs is 1. The largest absolute Gasteiger partial charge is 0.356 e. The number of carbonyl (C=O) groups is 1. The van der Waals surface area contributed by atoms with Gasteiger partial charge in [-0.15, -0.1) is 0 Å². The standard InChI is InChI=1S/C16H19N5O/c1-21-12(8-11-18-21)6-7-16(22)17-10-9-15-19-13-4-2-3-5-14(13)20-15/h2-5,8,11H,6-7,9-10H2,1H3,(H,17,22)(H,19,20). The normalized spacial score (nSPS) is 11.0. The molecule has 0 saturated heterocycles. The maximum atomic E-state index is 11.8. The van der Waals surface area contributed by atoms with E-state index in [9.17, 15) is 4.79 Å². The first kappa shape index (κ1) is 14.3. The first-order chi connectivity index (χ1) is 10.7. The molecule has 3 rings (SSSR count). The Morgan fingerprint density at radius 3 is 2.91 bits per heavy atom. The molecular formula is C16H19N5O. The fraction of sp³-hybridized carbons (Fsp3) is 0.312. The first-order valence-corrected chi connectivity index (χ1v) is 7.39. The molecule has 0 spiro atoms. The molecule has 1 aromatic carbocycles. The third-order valence-electron chi connectivity index (χ3n) is 3.65. The maximum Gasteiger partial charge on any atom is 0.220 e. The van der Waals surface area contributed by atoms with Crippen molar-refractivity contribution in [1.29, 1.82) is 0 Å². The zero-order chi connectivity index (χ0) is 15.4. The van der Waals surface area contributed by atoms with E-state index in [0.717, 1.165) is 22.6 Å². The Morgan fingerprint density at radius 1 is 1.27 bits per heavy atom. The summed E-state index contributed by atoms with van der Waals surface area (Å²) in [6.07, 6.45) is 3.62. The Balaban J connectivity index is 1.44. The lowest BCUT2D eigenvalue weighted by Gasteiger charge is -2.04. The van der Waals surface area contributed by atoms with Gasteiger partial charge in [0.2, 0.25) is 5.91 Å². The van der Waals surface area contributed by atoms with Crippen LogP contribution in [0.4, 0.5) is 0 Å². The molecule has 2 heterocycles. The van der Waals surface area contributed by atoms with Crippen LogP contribution in [0, 0.1) is 0 Å². The number of hydrogen-bond donors (Lipinski definition) is 2. The summed E-state index contributed by atoms with van der Waals surface area (Å²) in [4.78, 5) is 19.6. The highest BCUT2D eigenvalue weighted by Crippen LogP contribution is 2.10. The number of benzene rings is 1. The molecule has 3 aromatic rings. The number of aromatic nitrogens is 4. The molecule has 0 aliphatic rings. The lowest BCUT2D eigenvalue weighted by atomic mass is 10.2. The number of para-hydroxylation sites is 2. The fourth-order valence-corrected chi connectivity index (χ4v) is 2.42. The Kier molecular flexibility index (Phi) is 4.18. The number of amides is 1. The molecule has 2 N–H and O–H groups in total. The summed E-state index contributed by atoms with van der Waals surface area (Å²) in [7, 11) is 1.88. The van der Waals surface area contributed by atoms with Crippen molar-refractivity contribution in [1.82, 2.24) is 25.1 Å². The van der Waals surface area contributed by atoms with Gasteiger partial charge >= 0.3 is 0 Å². The number of rotatable bonds is 6. The quantitative estimate of drug-likeness (QED) is 0.725. The van der Waals surface area contributed by atoms with Crippen LogP contribution in [0.3, 0.4) is 0 Å². The van der Waals surface area contributed by atoms with E-state index in [1.165, 1.54) is 0 Å². The van der Waals surface area contributed by atoms with Crippen LogP contribution >= 0.6 is 0 Å². The van der Waals surface area contributed by atoms with Gasteiger partial charge in [0.1, 0.15) is 5.82 Å². The number of aromatic amines is 1. The average Bonchev–Trinajstić information content (AvgIpc) is 3.10. The minimum Gasteiger partial charge on any atom is -0.356 e. The van der Waals surface area contributed by atoms with Gasteiger partial charge in [-0.25, -0.2) is 4.98 Å². The molecule has 0 bridgehead atoms. The van der Waals surface area contributed by atoms with E-state index in [4.69, 9.17) is 0 Å². The summed E-state index contributed by atoms with van der Waals surface area (Å²) >= 11 is 0. The van der Waals surface area contributed by atoms with Crippen molar-refractivity contribution in [2.24, 2.45) is 7.05 Å². The highest BCUT2D eigenvalue weighted by Gasteiger charge is 2.06. The van der Waals surface area contributed by atoms with Gasteiger partial charge in [0, 0.05) is 38.3 Å². The van der Waals surface area contributed by atoms with Crippen molar-refractivity contribution in [2.75, 3.05) is 6.54 Å². The summed E-state index contributed by atoms with van der Waals surface area (Å²) in [5, 5.41) is 7.02. The van der Waals surface area contributed by atoms with Crippen LogP contribution in [0.2, 0.25) is 0 Å². The average molecular weight is 297 g/mol. The molecule has 22 heavy (non-hydrogen) atoms. The minimum atomic E-state index is 0.0531. The van der Waals surface area contributed by atoms with Crippen LogP contribution in [0.15, 0.2) is 36.5 Å². The number of H-pyrrole nitrogens is 1. The zero-order valence-electron chi connectivity index (χ0n) is 12.5. The van der Waals surface area contributed by atoms with E-state index in [-0.39, 0.29) is 5.91 Å². The molecule has 1 amide bonds. The Hall–Kier alpha value is -2.63. The third-order valence-corrected chi connectivity index (χ3v) is 3.65. The lowest BCUT2D eigenvalue weighted by Crippen LogP contribution is -2.26. The molecule has 6 nitrogen and oxygen atoms in total. The highest BCUT2D eigenvalue weighted by atomic mass is 16.1. The molecule has 0 unspecified atom stereocenters. The van der Waals surface area contributed by atoms with E-state index in [1.54, 1.807) is 10.9 Å². The molecule has 0 aliphatic carbocycles. The van der Waals surface area contributed by atoms with Gasteiger partial charge in [-0.1, -0.05) is 12.1 Å². The van der Waals surface area contributed by atoms with Crippen molar-refractivity contribution in [2.45, 2.75) is 19.3 Å².